The third-order valence-corrected chi connectivity index (χ3v) is 4.97. The first-order chi connectivity index (χ1) is 11.6. The second-order valence-electron chi connectivity index (χ2n) is 6.87. The van der Waals surface area contributed by atoms with Crippen molar-refractivity contribution in [1.82, 2.24) is 9.80 Å². The van der Waals surface area contributed by atoms with Crippen molar-refractivity contribution in [1.29, 1.82) is 0 Å². The Labute approximate surface area is 144 Å². The van der Waals surface area contributed by atoms with Crippen LogP contribution in [0.5, 0.6) is 5.75 Å². The number of likely N-dealkylation sites (N-methyl/N-ethyl adjacent to an activating group) is 1. The molecule has 0 aromatic heterocycles. The Morgan fingerprint density at radius 1 is 1.33 bits per heavy atom. The summed E-state index contributed by atoms with van der Waals surface area (Å²) in [5.74, 6) is 1.60. The molecule has 128 valence electrons. The first kappa shape index (κ1) is 16.8. The largest absolute Gasteiger partial charge is 0.497 e. The maximum atomic E-state index is 12.7. The summed E-state index contributed by atoms with van der Waals surface area (Å²) in [6.45, 7) is 3.07. The number of benzene rings is 2. The second kappa shape index (κ2) is 7.22. The van der Waals surface area contributed by atoms with Gasteiger partial charge in [-0.1, -0.05) is 24.3 Å². The number of fused-ring (bicyclic) bond motifs is 1. The molecule has 2 aromatic carbocycles. The minimum Gasteiger partial charge on any atom is -0.497 e. The third-order valence-electron chi connectivity index (χ3n) is 4.97. The first-order valence-corrected chi connectivity index (χ1v) is 8.55. The van der Waals surface area contributed by atoms with Crippen LogP contribution in [0.2, 0.25) is 0 Å². The van der Waals surface area contributed by atoms with E-state index < -0.39 is 0 Å². The van der Waals surface area contributed by atoms with Crippen LogP contribution in [0.3, 0.4) is 0 Å². The Morgan fingerprint density at radius 3 is 2.88 bits per heavy atom. The van der Waals surface area contributed by atoms with E-state index in [-0.39, 0.29) is 5.91 Å². The lowest BCUT2D eigenvalue weighted by molar-refractivity contribution is -0.129. The molecule has 2 aromatic rings. The lowest BCUT2D eigenvalue weighted by Gasteiger charge is -2.21. The number of hydrogen-bond donors (Lipinski definition) is 0. The highest BCUT2D eigenvalue weighted by atomic mass is 16.5. The van der Waals surface area contributed by atoms with Gasteiger partial charge in [0.05, 0.1) is 13.5 Å². The van der Waals surface area contributed by atoms with Gasteiger partial charge in [-0.3, -0.25) is 4.79 Å². The normalized spacial score (nSPS) is 18.0. The van der Waals surface area contributed by atoms with E-state index in [1.807, 2.05) is 42.3 Å². The van der Waals surface area contributed by atoms with Gasteiger partial charge in [-0.25, -0.2) is 0 Å². The fraction of sp³-hybridized carbons (Fsp3) is 0.450. The Bertz CT molecular complexity index is 729. The molecule has 0 unspecified atom stereocenters. The fourth-order valence-electron chi connectivity index (χ4n) is 3.56. The predicted octanol–water partition coefficient (Wildman–Crippen LogP) is 2.80. The Balaban J connectivity index is 1.72. The summed E-state index contributed by atoms with van der Waals surface area (Å²) in [6, 6.07) is 12.1. The van der Waals surface area contributed by atoms with Gasteiger partial charge in [0.15, 0.2) is 0 Å². The fourth-order valence-corrected chi connectivity index (χ4v) is 3.56. The molecule has 0 saturated carbocycles. The predicted molar refractivity (Wildman–Crippen MR) is 97.4 cm³/mol. The molecule has 0 bridgehead atoms. The summed E-state index contributed by atoms with van der Waals surface area (Å²) in [6.07, 6.45) is 1.61. The van der Waals surface area contributed by atoms with Crippen LogP contribution in [0.15, 0.2) is 36.4 Å². The van der Waals surface area contributed by atoms with Crippen LogP contribution in [0.25, 0.3) is 10.8 Å². The molecule has 4 heteroatoms. The second-order valence-corrected chi connectivity index (χ2v) is 6.87. The van der Waals surface area contributed by atoms with E-state index in [9.17, 15) is 4.79 Å². The number of amides is 1. The van der Waals surface area contributed by atoms with E-state index in [4.69, 9.17) is 4.74 Å². The van der Waals surface area contributed by atoms with Crippen LogP contribution >= 0.6 is 0 Å². The van der Waals surface area contributed by atoms with Crippen LogP contribution in [-0.2, 0) is 11.2 Å². The van der Waals surface area contributed by atoms with Gasteiger partial charge in [0.2, 0.25) is 5.91 Å². The summed E-state index contributed by atoms with van der Waals surface area (Å²) in [5.41, 5.74) is 1.06. The van der Waals surface area contributed by atoms with Crippen LogP contribution in [0.4, 0.5) is 0 Å². The maximum Gasteiger partial charge on any atom is 0.226 e. The molecule has 3 rings (SSSR count). The lowest BCUT2D eigenvalue weighted by atomic mass is 10.0. The Hall–Kier alpha value is -2.07. The van der Waals surface area contributed by atoms with Crippen molar-refractivity contribution in [3.63, 3.8) is 0 Å². The zero-order valence-corrected chi connectivity index (χ0v) is 14.8. The number of methoxy groups -OCH3 is 1. The van der Waals surface area contributed by atoms with Crippen LogP contribution in [0, 0.1) is 5.92 Å². The van der Waals surface area contributed by atoms with Gasteiger partial charge in [-0.2, -0.15) is 0 Å². The molecule has 0 radical (unpaired) electrons. The van der Waals surface area contributed by atoms with E-state index in [1.54, 1.807) is 7.11 Å². The van der Waals surface area contributed by atoms with Gasteiger partial charge in [-0.05, 0) is 54.4 Å². The Kier molecular flexibility index (Phi) is 5.05. The highest BCUT2D eigenvalue weighted by molar-refractivity contribution is 5.91. The molecule has 4 nitrogen and oxygen atoms in total. The summed E-state index contributed by atoms with van der Waals surface area (Å²) in [7, 11) is 5.74. The van der Waals surface area contributed by atoms with Crippen LogP contribution < -0.4 is 4.74 Å². The number of carbonyl (C=O) groups excluding carboxylic acids is 1. The van der Waals surface area contributed by atoms with Crippen molar-refractivity contribution in [2.24, 2.45) is 5.92 Å². The topological polar surface area (TPSA) is 32.8 Å². The van der Waals surface area contributed by atoms with Crippen LogP contribution in [-0.4, -0.2) is 56.5 Å². The molecule has 1 aliphatic heterocycles. The molecule has 1 fully saturated rings. The van der Waals surface area contributed by atoms with Gasteiger partial charge in [0, 0.05) is 20.1 Å². The average Bonchev–Trinajstić information content (AvgIpc) is 2.99. The molecule has 0 aliphatic carbocycles. The van der Waals surface area contributed by atoms with Crippen molar-refractivity contribution in [2.75, 3.05) is 40.8 Å². The molecular formula is C20H26N2O2. The molecule has 1 saturated heterocycles. The number of nitrogens with zero attached hydrogens (tertiary/aromatic N) is 2. The zero-order chi connectivity index (χ0) is 17.1. The van der Waals surface area contributed by atoms with Gasteiger partial charge in [0.25, 0.3) is 0 Å². The molecule has 1 heterocycles. The number of carbonyl (C=O) groups is 1. The molecule has 0 N–H and O–H groups in total. The minimum atomic E-state index is 0.180. The summed E-state index contributed by atoms with van der Waals surface area (Å²) in [4.78, 5) is 16.9. The van der Waals surface area contributed by atoms with E-state index in [1.165, 1.54) is 6.42 Å². The maximum absolute atomic E-state index is 12.7. The van der Waals surface area contributed by atoms with Crippen molar-refractivity contribution in [3.05, 3.63) is 42.0 Å². The molecular weight excluding hydrogens is 300 g/mol. The van der Waals surface area contributed by atoms with E-state index in [0.29, 0.717) is 12.3 Å². The highest BCUT2D eigenvalue weighted by Gasteiger charge is 2.22. The average molecular weight is 326 g/mol. The van der Waals surface area contributed by atoms with Crippen molar-refractivity contribution < 1.29 is 9.53 Å². The summed E-state index contributed by atoms with van der Waals surface area (Å²) in [5, 5.41) is 2.24. The highest BCUT2D eigenvalue weighted by Crippen LogP contribution is 2.25. The van der Waals surface area contributed by atoms with Crippen molar-refractivity contribution in [3.8, 4) is 5.75 Å². The number of hydrogen-bond acceptors (Lipinski definition) is 3. The van der Waals surface area contributed by atoms with E-state index in [2.05, 4.69) is 18.0 Å². The molecule has 1 aliphatic rings. The zero-order valence-electron chi connectivity index (χ0n) is 14.8. The monoisotopic (exact) mass is 326 g/mol. The quantitative estimate of drug-likeness (QED) is 0.847. The van der Waals surface area contributed by atoms with Gasteiger partial charge in [0.1, 0.15) is 5.75 Å². The Morgan fingerprint density at radius 2 is 2.17 bits per heavy atom. The molecule has 1 amide bonds. The molecule has 24 heavy (non-hydrogen) atoms. The minimum absolute atomic E-state index is 0.180. The van der Waals surface area contributed by atoms with E-state index >= 15 is 0 Å². The number of ether oxygens (including phenoxy) is 1. The summed E-state index contributed by atoms with van der Waals surface area (Å²) < 4.78 is 5.33. The van der Waals surface area contributed by atoms with Gasteiger partial charge in [-0.15, -0.1) is 0 Å². The third kappa shape index (κ3) is 3.70. The standard InChI is InChI=1S/C20H26N2O2/c1-21-10-9-15(13-21)14-22(2)20(23)11-17-6-4-5-16-7-8-18(24-3)12-19(16)17/h4-8,12,15H,9-11,13-14H2,1-3H3/t15-/m1/s1. The number of rotatable bonds is 5. The SMILES string of the molecule is COc1ccc2cccc(CC(=O)N(C)C[C@@H]3CCN(C)C3)c2c1. The first-order valence-electron chi connectivity index (χ1n) is 8.55. The number of likely N-dealkylation sites (tertiary alicyclic amines) is 1. The van der Waals surface area contributed by atoms with Crippen molar-refractivity contribution >= 4 is 16.7 Å². The van der Waals surface area contributed by atoms with Gasteiger partial charge < -0.3 is 14.5 Å². The van der Waals surface area contributed by atoms with Gasteiger partial charge >= 0.3 is 0 Å². The smallest absolute Gasteiger partial charge is 0.226 e. The van der Waals surface area contributed by atoms with Crippen molar-refractivity contribution in [2.45, 2.75) is 12.8 Å². The lowest BCUT2D eigenvalue weighted by Crippen LogP contribution is -2.33. The summed E-state index contributed by atoms with van der Waals surface area (Å²) >= 11 is 0. The van der Waals surface area contributed by atoms with Crippen LogP contribution in [0.1, 0.15) is 12.0 Å². The molecule has 0 spiro atoms. The molecule has 1 atom stereocenters. The van der Waals surface area contributed by atoms with E-state index in [0.717, 1.165) is 41.7 Å².